The Morgan fingerprint density at radius 2 is 2.00 bits per heavy atom. The van der Waals surface area contributed by atoms with Crippen LogP contribution in [0.4, 0.5) is 22.0 Å². The van der Waals surface area contributed by atoms with Crippen molar-refractivity contribution in [2.24, 2.45) is 0 Å². The summed E-state index contributed by atoms with van der Waals surface area (Å²) >= 11 is 4.43. The predicted molar refractivity (Wildman–Crippen MR) is 92.1 cm³/mol. The number of aromatic nitrogens is 3. The van der Waals surface area contributed by atoms with Crippen LogP contribution >= 0.6 is 27.7 Å². The number of nitrogen functional groups attached to an aromatic ring is 2. The molecule has 1 aromatic carbocycles. The summed E-state index contributed by atoms with van der Waals surface area (Å²) in [4.78, 5) is 23.6. The minimum atomic E-state index is -0.511. The van der Waals surface area contributed by atoms with Crippen molar-refractivity contribution in [2.75, 3.05) is 16.8 Å². The van der Waals surface area contributed by atoms with Gasteiger partial charge < -0.3 is 16.8 Å². The Labute approximate surface area is 144 Å². The third-order valence-corrected chi connectivity index (χ3v) is 4.37. The molecule has 7 nitrogen and oxygen atoms in total. The second kappa shape index (κ2) is 7.55. The first-order valence-electron chi connectivity index (χ1n) is 6.48. The zero-order valence-corrected chi connectivity index (χ0v) is 14.5. The number of carbonyl (C=O) groups is 1. The van der Waals surface area contributed by atoms with Gasteiger partial charge in [0.25, 0.3) is 0 Å². The predicted octanol–water partition coefficient (Wildman–Crippen LogP) is 2.20. The summed E-state index contributed by atoms with van der Waals surface area (Å²) in [6.45, 7) is 1.70. The molecule has 1 unspecified atom stereocenters. The summed E-state index contributed by atoms with van der Waals surface area (Å²) in [6.07, 6.45) is 0. The Kier molecular flexibility index (Phi) is 5.72. The maximum absolute atomic E-state index is 13.7. The number of nitrogens with one attached hydrogen (secondary N) is 1. The lowest BCUT2D eigenvalue weighted by Crippen LogP contribution is -2.23. The normalized spacial score (nSPS) is 12.0. The summed E-state index contributed by atoms with van der Waals surface area (Å²) < 4.78 is 14.3. The van der Waals surface area contributed by atoms with Gasteiger partial charge in [0.1, 0.15) is 11.6 Å². The van der Waals surface area contributed by atoms with E-state index in [2.05, 4.69) is 36.2 Å². The molecule has 1 heterocycles. The number of thioether (sulfide) groups is 1. The molecular weight excluding hydrogens is 387 g/mol. The van der Waals surface area contributed by atoms with E-state index >= 15 is 0 Å². The van der Waals surface area contributed by atoms with E-state index in [1.54, 1.807) is 13.0 Å². The molecule has 0 fully saturated rings. The highest BCUT2D eigenvalue weighted by Gasteiger charge is 2.16. The van der Waals surface area contributed by atoms with E-state index in [0.717, 1.165) is 0 Å². The fourth-order valence-electron chi connectivity index (χ4n) is 1.62. The van der Waals surface area contributed by atoms with Gasteiger partial charge in [-0.15, -0.1) is 11.8 Å². The molecule has 2 aromatic rings. The summed E-state index contributed by atoms with van der Waals surface area (Å²) in [5.41, 5.74) is 11.1. The lowest BCUT2D eigenvalue weighted by atomic mass is 10.3. The van der Waals surface area contributed by atoms with Crippen LogP contribution in [0.2, 0.25) is 0 Å². The van der Waals surface area contributed by atoms with Gasteiger partial charge in [0.15, 0.2) is 0 Å². The maximum atomic E-state index is 13.7. The lowest BCUT2D eigenvalue weighted by Gasteiger charge is -2.12. The second-order valence-electron chi connectivity index (χ2n) is 4.53. The molecule has 23 heavy (non-hydrogen) atoms. The first kappa shape index (κ1) is 17.4. The van der Waals surface area contributed by atoms with Gasteiger partial charge in [0.05, 0.1) is 16.7 Å². The molecule has 0 bridgehead atoms. The Morgan fingerprint density at radius 3 is 2.61 bits per heavy atom. The van der Waals surface area contributed by atoms with E-state index in [9.17, 15) is 9.18 Å². The van der Waals surface area contributed by atoms with Crippen molar-refractivity contribution in [1.82, 2.24) is 15.0 Å². The molecule has 0 saturated heterocycles. The van der Waals surface area contributed by atoms with E-state index in [4.69, 9.17) is 11.5 Å². The average molecular weight is 401 g/mol. The summed E-state index contributed by atoms with van der Waals surface area (Å²) in [7, 11) is 0. The van der Waals surface area contributed by atoms with Gasteiger partial charge >= 0.3 is 0 Å². The number of hydrogen-bond acceptors (Lipinski definition) is 7. The van der Waals surface area contributed by atoms with Crippen LogP contribution in [0.25, 0.3) is 0 Å². The monoisotopic (exact) mass is 400 g/mol. The third-order valence-electron chi connectivity index (χ3n) is 2.74. The topological polar surface area (TPSA) is 120 Å². The van der Waals surface area contributed by atoms with Crippen LogP contribution in [-0.2, 0) is 10.5 Å². The molecule has 10 heteroatoms. The van der Waals surface area contributed by atoms with Crippen molar-refractivity contribution >= 4 is 51.2 Å². The zero-order chi connectivity index (χ0) is 17.0. The van der Waals surface area contributed by atoms with Crippen molar-refractivity contribution in [2.45, 2.75) is 17.9 Å². The van der Waals surface area contributed by atoms with Crippen molar-refractivity contribution < 1.29 is 9.18 Å². The molecule has 2 rings (SSSR count). The van der Waals surface area contributed by atoms with Gasteiger partial charge in [0.2, 0.25) is 17.8 Å². The summed E-state index contributed by atoms with van der Waals surface area (Å²) in [5.74, 6) is -0.0677. The molecule has 0 aliphatic carbocycles. The number of hydrogen-bond donors (Lipinski definition) is 3. The van der Waals surface area contributed by atoms with Gasteiger partial charge in [-0.2, -0.15) is 15.0 Å². The van der Waals surface area contributed by atoms with E-state index in [1.807, 2.05) is 0 Å². The quantitative estimate of drug-likeness (QED) is 0.703. The van der Waals surface area contributed by atoms with Crippen LogP contribution in [0.15, 0.2) is 22.7 Å². The number of amides is 1. The van der Waals surface area contributed by atoms with Crippen LogP contribution in [-0.4, -0.2) is 26.1 Å². The standard InChI is InChI=1S/C13H14BrFN6OS/c1-6(23-5-10-19-12(16)21-13(17)20-10)11(22)18-9-3-2-7(14)4-8(9)15/h2-4,6H,5H2,1H3,(H,18,22)(H4,16,17,19,20,21). The molecule has 1 aromatic heterocycles. The smallest absolute Gasteiger partial charge is 0.237 e. The van der Waals surface area contributed by atoms with Crippen LogP contribution in [0.5, 0.6) is 0 Å². The van der Waals surface area contributed by atoms with Gasteiger partial charge in [-0.25, -0.2) is 4.39 Å². The third kappa shape index (κ3) is 5.03. The number of nitrogens with zero attached hydrogens (tertiary/aromatic N) is 3. The number of nitrogens with two attached hydrogens (primary N) is 2. The van der Waals surface area contributed by atoms with Gasteiger partial charge in [-0.3, -0.25) is 4.79 Å². The summed E-state index contributed by atoms with van der Waals surface area (Å²) in [5, 5.41) is 2.09. The second-order valence-corrected chi connectivity index (χ2v) is 6.78. The first-order valence-corrected chi connectivity index (χ1v) is 8.32. The van der Waals surface area contributed by atoms with Crippen LogP contribution in [0.3, 0.4) is 0 Å². The van der Waals surface area contributed by atoms with E-state index in [-0.39, 0.29) is 23.5 Å². The fraction of sp³-hybridized carbons (Fsp3) is 0.231. The first-order chi connectivity index (χ1) is 10.8. The van der Waals surface area contributed by atoms with E-state index in [1.165, 1.54) is 23.9 Å². The number of rotatable bonds is 5. The molecule has 122 valence electrons. The zero-order valence-electron chi connectivity index (χ0n) is 12.1. The van der Waals surface area contributed by atoms with Crippen molar-refractivity contribution in [3.8, 4) is 0 Å². The van der Waals surface area contributed by atoms with Crippen LogP contribution in [0.1, 0.15) is 12.7 Å². The van der Waals surface area contributed by atoms with Crippen LogP contribution in [0, 0.1) is 5.82 Å². The van der Waals surface area contributed by atoms with Gasteiger partial charge in [-0.1, -0.05) is 15.9 Å². The van der Waals surface area contributed by atoms with Crippen molar-refractivity contribution in [3.05, 3.63) is 34.3 Å². The highest BCUT2D eigenvalue weighted by atomic mass is 79.9. The molecule has 0 spiro atoms. The Bertz CT molecular complexity index is 711. The van der Waals surface area contributed by atoms with Gasteiger partial charge in [-0.05, 0) is 25.1 Å². The molecular formula is C13H14BrFN6OS. The largest absolute Gasteiger partial charge is 0.368 e. The minimum Gasteiger partial charge on any atom is -0.368 e. The average Bonchev–Trinajstić information content (AvgIpc) is 2.46. The van der Waals surface area contributed by atoms with Crippen molar-refractivity contribution in [1.29, 1.82) is 0 Å². The molecule has 0 saturated carbocycles. The summed E-state index contributed by atoms with van der Waals surface area (Å²) in [6, 6.07) is 4.42. The van der Waals surface area contributed by atoms with Crippen LogP contribution < -0.4 is 16.8 Å². The van der Waals surface area contributed by atoms with Crippen molar-refractivity contribution in [3.63, 3.8) is 0 Å². The SMILES string of the molecule is CC(SCc1nc(N)nc(N)n1)C(=O)Nc1ccc(Br)cc1F. The van der Waals surface area contributed by atoms with Gasteiger partial charge in [0, 0.05) is 4.47 Å². The molecule has 0 radical (unpaired) electrons. The number of anilines is 3. The lowest BCUT2D eigenvalue weighted by molar-refractivity contribution is -0.115. The Balaban J connectivity index is 1.94. The highest BCUT2D eigenvalue weighted by Crippen LogP contribution is 2.22. The molecule has 5 N–H and O–H groups in total. The Hall–Kier alpha value is -1.94. The number of carbonyl (C=O) groups excluding carboxylic acids is 1. The minimum absolute atomic E-state index is 0.0298. The number of halogens is 2. The van der Waals surface area contributed by atoms with E-state index in [0.29, 0.717) is 16.0 Å². The fourth-order valence-corrected chi connectivity index (χ4v) is 2.69. The molecule has 0 aliphatic heterocycles. The molecule has 1 atom stereocenters. The van der Waals surface area contributed by atoms with E-state index < -0.39 is 11.1 Å². The maximum Gasteiger partial charge on any atom is 0.237 e. The highest BCUT2D eigenvalue weighted by molar-refractivity contribution is 9.10. The Morgan fingerprint density at radius 1 is 1.35 bits per heavy atom. The molecule has 1 amide bonds. The number of benzene rings is 1. The molecule has 0 aliphatic rings.